The van der Waals surface area contributed by atoms with E-state index in [1.165, 1.54) is 0 Å². The molecule has 0 spiro atoms. The van der Waals surface area contributed by atoms with E-state index in [4.69, 9.17) is 20.9 Å². The van der Waals surface area contributed by atoms with Gasteiger partial charge < -0.3 is 20.9 Å². The van der Waals surface area contributed by atoms with Gasteiger partial charge in [-0.15, -0.1) is 5.10 Å². The van der Waals surface area contributed by atoms with Gasteiger partial charge in [0, 0.05) is 5.56 Å². The highest BCUT2D eigenvalue weighted by molar-refractivity contribution is 5.84. The molecular formula is C16H18N4O2. The maximum atomic E-state index is 5.82. The first kappa shape index (κ1) is 15.4. The summed E-state index contributed by atoms with van der Waals surface area (Å²) in [6.45, 7) is 0.421. The molecule has 2 rings (SSSR count). The lowest BCUT2D eigenvalue weighted by atomic mass is 10.2. The SMILES string of the molecule is COc1cccc(COc2ccccc2C=NN=C(N)N)c1. The van der Waals surface area contributed by atoms with Crippen molar-refractivity contribution in [1.29, 1.82) is 0 Å². The minimum atomic E-state index is -0.0916. The zero-order valence-corrected chi connectivity index (χ0v) is 12.3. The largest absolute Gasteiger partial charge is 0.497 e. The Kier molecular flexibility index (Phi) is 5.37. The molecule has 0 bridgehead atoms. The maximum absolute atomic E-state index is 5.82. The number of rotatable bonds is 6. The number of guanidine groups is 1. The number of benzene rings is 2. The van der Waals surface area contributed by atoms with Crippen LogP contribution in [0.25, 0.3) is 0 Å². The number of methoxy groups -OCH3 is 1. The van der Waals surface area contributed by atoms with Crippen LogP contribution < -0.4 is 20.9 Å². The number of nitrogens with zero attached hydrogens (tertiary/aromatic N) is 2. The van der Waals surface area contributed by atoms with Crippen molar-refractivity contribution in [3.8, 4) is 11.5 Å². The average molecular weight is 298 g/mol. The Morgan fingerprint density at radius 1 is 1.14 bits per heavy atom. The lowest BCUT2D eigenvalue weighted by Gasteiger charge is -2.09. The van der Waals surface area contributed by atoms with Crippen LogP contribution in [0.2, 0.25) is 0 Å². The molecule has 0 atom stereocenters. The molecule has 0 amide bonds. The fraction of sp³-hybridized carbons (Fsp3) is 0.125. The van der Waals surface area contributed by atoms with Gasteiger partial charge in [-0.1, -0.05) is 24.3 Å². The lowest BCUT2D eigenvalue weighted by molar-refractivity contribution is 0.305. The summed E-state index contributed by atoms with van der Waals surface area (Å²) >= 11 is 0. The third-order valence-electron chi connectivity index (χ3n) is 2.82. The summed E-state index contributed by atoms with van der Waals surface area (Å²) in [5.41, 5.74) is 12.3. The zero-order chi connectivity index (χ0) is 15.8. The predicted octanol–water partition coefficient (Wildman–Crippen LogP) is 1.88. The highest BCUT2D eigenvalue weighted by Crippen LogP contribution is 2.19. The Morgan fingerprint density at radius 2 is 1.95 bits per heavy atom. The topological polar surface area (TPSA) is 95.2 Å². The van der Waals surface area contributed by atoms with Crippen molar-refractivity contribution < 1.29 is 9.47 Å². The molecule has 0 radical (unpaired) electrons. The van der Waals surface area contributed by atoms with E-state index in [1.54, 1.807) is 13.3 Å². The van der Waals surface area contributed by atoms with Crippen LogP contribution in [0, 0.1) is 0 Å². The van der Waals surface area contributed by atoms with Gasteiger partial charge in [0.05, 0.1) is 13.3 Å². The average Bonchev–Trinajstić information content (AvgIpc) is 2.54. The number of ether oxygens (including phenoxy) is 2. The number of hydrogen-bond acceptors (Lipinski definition) is 4. The molecule has 22 heavy (non-hydrogen) atoms. The molecule has 2 aromatic carbocycles. The highest BCUT2D eigenvalue weighted by atomic mass is 16.5. The van der Waals surface area contributed by atoms with Crippen LogP contribution in [-0.2, 0) is 6.61 Å². The van der Waals surface area contributed by atoms with Gasteiger partial charge in [-0.3, -0.25) is 0 Å². The Bertz CT molecular complexity index is 679. The van der Waals surface area contributed by atoms with Crippen molar-refractivity contribution in [2.24, 2.45) is 21.7 Å². The van der Waals surface area contributed by atoms with Crippen molar-refractivity contribution in [3.05, 3.63) is 59.7 Å². The molecule has 0 fully saturated rings. The minimum Gasteiger partial charge on any atom is -0.497 e. The van der Waals surface area contributed by atoms with Crippen molar-refractivity contribution in [2.45, 2.75) is 6.61 Å². The maximum Gasteiger partial charge on any atom is 0.211 e. The molecule has 0 aliphatic heterocycles. The third-order valence-corrected chi connectivity index (χ3v) is 2.82. The van der Waals surface area contributed by atoms with Crippen molar-refractivity contribution in [2.75, 3.05) is 7.11 Å². The van der Waals surface area contributed by atoms with Crippen LogP contribution in [0.15, 0.2) is 58.7 Å². The van der Waals surface area contributed by atoms with E-state index in [9.17, 15) is 0 Å². The van der Waals surface area contributed by atoms with E-state index in [1.807, 2.05) is 48.5 Å². The van der Waals surface area contributed by atoms with Gasteiger partial charge in [0.2, 0.25) is 5.96 Å². The molecule has 0 saturated carbocycles. The fourth-order valence-electron chi connectivity index (χ4n) is 1.80. The van der Waals surface area contributed by atoms with Crippen LogP contribution in [0.5, 0.6) is 11.5 Å². The molecule has 0 aliphatic carbocycles. The molecule has 0 aliphatic rings. The van der Waals surface area contributed by atoms with E-state index in [2.05, 4.69) is 10.2 Å². The summed E-state index contributed by atoms with van der Waals surface area (Å²) in [7, 11) is 1.63. The van der Waals surface area contributed by atoms with Gasteiger partial charge in [0.15, 0.2) is 0 Å². The summed E-state index contributed by atoms with van der Waals surface area (Å²) < 4.78 is 11.0. The summed E-state index contributed by atoms with van der Waals surface area (Å²) in [5, 5.41) is 7.37. The molecule has 0 saturated heterocycles. The summed E-state index contributed by atoms with van der Waals surface area (Å²) in [4.78, 5) is 0. The third kappa shape index (κ3) is 4.52. The number of para-hydroxylation sites is 1. The molecule has 6 nitrogen and oxygen atoms in total. The first-order chi connectivity index (χ1) is 10.7. The number of hydrogen-bond donors (Lipinski definition) is 2. The lowest BCUT2D eigenvalue weighted by Crippen LogP contribution is -2.21. The molecule has 0 aromatic heterocycles. The van der Waals surface area contributed by atoms with Gasteiger partial charge >= 0.3 is 0 Å². The van der Waals surface area contributed by atoms with Crippen molar-refractivity contribution in [3.63, 3.8) is 0 Å². The Balaban J connectivity index is 2.09. The van der Waals surface area contributed by atoms with Gasteiger partial charge in [-0.2, -0.15) is 5.10 Å². The second-order valence-electron chi connectivity index (χ2n) is 4.45. The van der Waals surface area contributed by atoms with Crippen molar-refractivity contribution >= 4 is 12.2 Å². The normalized spacial score (nSPS) is 10.4. The highest BCUT2D eigenvalue weighted by Gasteiger charge is 2.02. The fourth-order valence-corrected chi connectivity index (χ4v) is 1.80. The summed E-state index contributed by atoms with van der Waals surface area (Å²) in [6, 6.07) is 15.2. The zero-order valence-electron chi connectivity index (χ0n) is 12.3. The monoisotopic (exact) mass is 298 g/mol. The van der Waals surface area contributed by atoms with E-state index >= 15 is 0 Å². The molecule has 6 heteroatoms. The van der Waals surface area contributed by atoms with Crippen LogP contribution in [0.4, 0.5) is 0 Å². The quantitative estimate of drug-likeness (QED) is 0.483. The first-order valence-corrected chi connectivity index (χ1v) is 6.66. The Labute approximate surface area is 129 Å². The summed E-state index contributed by atoms with van der Waals surface area (Å²) in [6.07, 6.45) is 1.54. The minimum absolute atomic E-state index is 0.0916. The Morgan fingerprint density at radius 3 is 2.73 bits per heavy atom. The van der Waals surface area contributed by atoms with E-state index in [-0.39, 0.29) is 5.96 Å². The molecule has 4 N–H and O–H groups in total. The van der Waals surface area contributed by atoms with Gasteiger partial charge in [0.1, 0.15) is 18.1 Å². The van der Waals surface area contributed by atoms with E-state index in [0.717, 1.165) is 16.9 Å². The van der Waals surface area contributed by atoms with E-state index < -0.39 is 0 Å². The predicted molar refractivity (Wildman–Crippen MR) is 87.2 cm³/mol. The molecule has 0 unspecified atom stereocenters. The molecule has 0 heterocycles. The molecule has 2 aromatic rings. The summed E-state index contributed by atoms with van der Waals surface area (Å²) in [5.74, 6) is 1.40. The Hall–Kier alpha value is -3.02. The van der Waals surface area contributed by atoms with E-state index in [0.29, 0.717) is 12.4 Å². The van der Waals surface area contributed by atoms with Crippen LogP contribution in [0.1, 0.15) is 11.1 Å². The van der Waals surface area contributed by atoms with Crippen LogP contribution >= 0.6 is 0 Å². The molecule has 114 valence electrons. The van der Waals surface area contributed by atoms with Gasteiger partial charge in [-0.25, -0.2) is 0 Å². The second kappa shape index (κ2) is 7.68. The van der Waals surface area contributed by atoms with Crippen LogP contribution in [0.3, 0.4) is 0 Å². The van der Waals surface area contributed by atoms with Crippen LogP contribution in [-0.4, -0.2) is 19.3 Å². The second-order valence-corrected chi connectivity index (χ2v) is 4.45. The standard InChI is InChI=1S/C16H18N4O2/c1-21-14-7-4-5-12(9-14)11-22-15-8-3-2-6-13(15)10-19-20-16(17)18/h2-10H,11H2,1H3,(H4,17,18,20). The smallest absolute Gasteiger partial charge is 0.211 e. The van der Waals surface area contributed by atoms with Crippen molar-refractivity contribution in [1.82, 2.24) is 0 Å². The van der Waals surface area contributed by atoms with Gasteiger partial charge in [-0.05, 0) is 29.8 Å². The van der Waals surface area contributed by atoms with Gasteiger partial charge in [0.25, 0.3) is 0 Å². The number of nitrogens with two attached hydrogens (primary N) is 2. The first-order valence-electron chi connectivity index (χ1n) is 6.66. The molecular weight excluding hydrogens is 280 g/mol.